The van der Waals surface area contributed by atoms with Crippen molar-refractivity contribution in [2.24, 2.45) is 11.7 Å². The molecule has 1 aromatic carbocycles. The number of amidine groups is 1. The number of amides is 1. The van der Waals surface area contributed by atoms with Crippen LogP contribution in [0, 0.1) is 11.3 Å². The molecule has 2 aromatic rings. The Labute approximate surface area is 156 Å². The summed E-state index contributed by atoms with van der Waals surface area (Å²) in [4.78, 5) is 23.5. The molecule has 0 atom stereocenters. The number of hydrogen-bond acceptors (Lipinski definition) is 5. The van der Waals surface area contributed by atoms with Gasteiger partial charge in [-0.1, -0.05) is 24.3 Å². The number of nitrogen functional groups attached to an aromatic ring is 1. The summed E-state index contributed by atoms with van der Waals surface area (Å²) < 4.78 is 0. The van der Waals surface area contributed by atoms with Crippen LogP contribution in [0.3, 0.4) is 0 Å². The third-order valence-corrected chi connectivity index (χ3v) is 4.82. The minimum absolute atomic E-state index is 0.0154. The summed E-state index contributed by atoms with van der Waals surface area (Å²) in [5.41, 5.74) is 7.77. The molecule has 5 N–H and O–H groups in total. The lowest BCUT2D eigenvalue weighted by molar-refractivity contribution is -0.142. The van der Waals surface area contributed by atoms with E-state index in [4.69, 9.17) is 16.2 Å². The number of rotatable bonds is 5. The van der Waals surface area contributed by atoms with E-state index in [0.29, 0.717) is 42.5 Å². The molecule has 27 heavy (non-hydrogen) atoms. The second-order valence-electron chi connectivity index (χ2n) is 6.68. The average Bonchev–Trinajstić information content (AvgIpc) is 2.68. The van der Waals surface area contributed by atoms with Gasteiger partial charge in [0.1, 0.15) is 5.84 Å². The number of carboxylic acid groups (broad SMARTS) is 1. The predicted octanol–water partition coefficient (Wildman–Crippen LogP) is 1.80. The average molecular weight is 367 g/mol. The van der Waals surface area contributed by atoms with Crippen LogP contribution in [0.15, 0.2) is 36.5 Å². The third-order valence-electron chi connectivity index (χ3n) is 4.82. The van der Waals surface area contributed by atoms with E-state index in [2.05, 4.69) is 15.5 Å². The number of carbonyl (C=O) groups excluding carboxylic acids is 1. The van der Waals surface area contributed by atoms with Gasteiger partial charge in [0.25, 0.3) is 5.91 Å². The van der Waals surface area contributed by atoms with Gasteiger partial charge in [-0.3, -0.25) is 15.0 Å². The van der Waals surface area contributed by atoms with Gasteiger partial charge in [-0.15, -0.1) is 0 Å². The molecule has 1 fully saturated rings. The first-order valence-corrected chi connectivity index (χ1v) is 8.75. The molecule has 8 nitrogen and oxygen atoms in total. The minimum atomic E-state index is -0.765. The molecule has 8 heteroatoms. The molecule has 0 radical (unpaired) electrons. The van der Waals surface area contributed by atoms with Crippen molar-refractivity contribution in [1.29, 1.82) is 5.41 Å². The predicted molar refractivity (Wildman–Crippen MR) is 99.3 cm³/mol. The van der Waals surface area contributed by atoms with Crippen LogP contribution in [-0.4, -0.2) is 39.1 Å². The molecule has 1 saturated carbocycles. The zero-order valence-corrected chi connectivity index (χ0v) is 14.7. The van der Waals surface area contributed by atoms with Crippen molar-refractivity contribution in [1.82, 2.24) is 15.5 Å². The fourth-order valence-electron chi connectivity index (χ4n) is 3.21. The number of nitrogens with one attached hydrogen (secondary N) is 2. The lowest BCUT2D eigenvalue weighted by atomic mass is 9.86. The second-order valence-corrected chi connectivity index (χ2v) is 6.68. The number of nitrogens with zero attached hydrogens (tertiary/aromatic N) is 2. The van der Waals surface area contributed by atoms with Gasteiger partial charge in [-0.05, 0) is 31.7 Å². The number of carboxylic acids is 1. The lowest BCUT2D eigenvalue weighted by Gasteiger charge is -2.26. The SMILES string of the molecule is N=C(N)c1ccc(-c2cc(C(=O)NC3CCC(C(=O)O)CC3)cnn2)cc1. The summed E-state index contributed by atoms with van der Waals surface area (Å²) in [7, 11) is 0. The van der Waals surface area contributed by atoms with E-state index in [0.717, 1.165) is 5.56 Å². The maximum atomic E-state index is 12.5. The molecule has 1 aliphatic carbocycles. The maximum absolute atomic E-state index is 12.5. The van der Waals surface area contributed by atoms with Crippen LogP contribution in [0.25, 0.3) is 11.3 Å². The monoisotopic (exact) mass is 367 g/mol. The third kappa shape index (κ3) is 4.46. The van der Waals surface area contributed by atoms with Crippen LogP contribution >= 0.6 is 0 Å². The Bertz CT molecular complexity index is 858. The summed E-state index contributed by atoms with van der Waals surface area (Å²) in [6, 6.07) is 8.61. The Morgan fingerprint density at radius 1 is 1.11 bits per heavy atom. The van der Waals surface area contributed by atoms with E-state index in [-0.39, 0.29) is 23.7 Å². The highest BCUT2D eigenvalue weighted by molar-refractivity contribution is 5.96. The molecule has 3 rings (SSSR count). The molecule has 1 heterocycles. The molecule has 1 aliphatic rings. The number of aromatic nitrogens is 2. The smallest absolute Gasteiger partial charge is 0.306 e. The molecule has 0 saturated heterocycles. The van der Waals surface area contributed by atoms with Crippen molar-refractivity contribution in [2.45, 2.75) is 31.7 Å². The second kappa shape index (κ2) is 7.94. The summed E-state index contributed by atoms with van der Waals surface area (Å²) in [6.45, 7) is 0. The Kier molecular flexibility index (Phi) is 5.44. The Balaban J connectivity index is 1.67. The van der Waals surface area contributed by atoms with Crippen molar-refractivity contribution in [3.63, 3.8) is 0 Å². The van der Waals surface area contributed by atoms with Crippen LogP contribution in [0.2, 0.25) is 0 Å². The van der Waals surface area contributed by atoms with Crippen LogP contribution in [0.1, 0.15) is 41.6 Å². The molecule has 1 amide bonds. The largest absolute Gasteiger partial charge is 0.481 e. The molecule has 0 bridgehead atoms. The topological polar surface area (TPSA) is 142 Å². The number of aliphatic carboxylic acids is 1. The van der Waals surface area contributed by atoms with Crippen LogP contribution < -0.4 is 11.1 Å². The fourth-order valence-corrected chi connectivity index (χ4v) is 3.21. The first-order chi connectivity index (χ1) is 12.9. The molecule has 140 valence electrons. The van der Waals surface area contributed by atoms with Gasteiger partial charge in [0.15, 0.2) is 0 Å². The summed E-state index contributed by atoms with van der Waals surface area (Å²) in [5, 5.41) is 27.4. The Morgan fingerprint density at radius 2 is 1.78 bits per heavy atom. The highest BCUT2D eigenvalue weighted by atomic mass is 16.4. The van der Waals surface area contributed by atoms with Gasteiger partial charge in [0.2, 0.25) is 0 Å². The van der Waals surface area contributed by atoms with Gasteiger partial charge in [0, 0.05) is 17.2 Å². The van der Waals surface area contributed by atoms with E-state index in [1.165, 1.54) is 6.20 Å². The standard InChI is InChI=1S/C19H21N5O3/c20-17(21)12-3-1-11(2-4-12)16-9-14(10-22-24-16)18(25)23-15-7-5-13(6-8-15)19(26)27/h1-4,9-10,13,15H,5-8H2,(H3,20,21)(H,23,25)(H,26,27). The highest BCUT2D eigenvalue weighted by Crippen LogP contribution is 2.25. The van der Waals surface area contributed by atoms with E-state index in [9.17, 15) is 9.59 Å². The van der Waals surface area contributed by atoms with Crippen molar-refractivity contribution < 1.29 is 14.7 Å². The molecule has 0 spiro atoms. The minimum Gasteiger partial charge on any atom is -0.481 e. The fraction of sp³-hybridized carbons (Fsp3) is 0.316. The molecule has 0 unspecified atom stereocenters. The van der Waals surface area contributed by atoms with E-state index in [1.807, 2.05) is 0 Å². The van der Waals surface area contributed by atoms with E-state index < -0.39 is 5.97 Å². The van der Waals surface area contributed by atoms with Gasteiger partial charge in [0.05, 0.1) is 23.4 Å². The Hall–Kier alpha value is -3.29. The number of benzene rings is 1. The summed E-state index contributed by atoms with van der Waals surface area (Å²) in [6.07, 6.45) is 3.86. The summed E-state index contributed by atoms with van der Waals surface area (Å²) in [5.74, 6) is -1.34. The van der Waals surface area contributed by atoms with Crippen molar-refractivity contribution in [3.8, 4) is 11.3 Å². The first kappa shape index (κ1) is 18.5. The lowest BCUT2D eigenvalue weighted by Crippen LogP contribution is -2.38. The first-order valence-electron chi connectivity index (χ1n) is 8.75. The van der Waals surface area contributed by atoms with Crippen molar-refractivity contribution >= 4 is 17.7 Å². The van der Waals surface area contributed by atoms with Crippen molar-refractivity contribution in [3.05, 3.63) is 47.7 Å². The highest BCUT2D eigenvalue weighted by Gasteiger charge is 2.27. The van der Waals surface area contributed by atoms with E-state index in [1.54, 1.807) is 30.3 Å². The van der Waals surface area contributed by atoms with Crippen LogP contribution in [0.5, 0.6) is 0 Å². The maximum Gasteiger partial charge on any atom is 0.306 e. The van der Waals surface area contributed by atoms with Gasteiger partial charge >= 0.3 is 5.97 Å². The number of carbonyl (C=O) groups is 2. The van der Waals surface area contributed by atoms with Crippen LogP contribution in [0.4, 0.5) is 0 Å². The quantitative estimate of drug-likeness (QED) is 0.469. The van der Waals surface area contributed by atoms with Crippen molar-refractivity contribution in [2.75, 3.05) is 0 Å². The van der Waals surface area contributed by atoms with Gasteiger partial charge in [-0.25, -0.2) is 0 Å². The van der Waals surface area contributed by atoms with Gasteiger partial charge in [-0.2, -0.15) is 10.2 Å². The summed E-state index contributed by atoms with van der Waals surface area (Å²) >= 11 is 0. The molecule has 0 aliphatic heterocycles. The zero-order chi connectivity index (χ0) is 19.4. The van der Waals surface area contributed by atoms with Gasteiger partial charge < -0.3 is 16.2 Å². The van der Waals surface area contributed by atoms with Crippen LogP contribution in [-0.2, 0) is 4.79 Å². The van der Waals surface area contributed by atoms with E-state index >= 15 is 0 Å². The Morgan fingerprint density at radius 3 is 2.37 bits per heavy atom. The number of hydrogen-bond donors (Lipinski definition) is 4. The molecular formula is C19H21N5O3. The zero-order valence-electron chi connectivity index (χ0n) is 14.7. The number of nitrogens with two attached hydrogens (primary N) is 1. The molecule has 1 aromatic heterocycles. The normalized spacial score (nSPS) is 19.3. The molecular weight excluding hydrogens is 346 g/mol.